The Kier molecular flexibility index (Phi) is 19.4. The van der Waals surface area contributed by atoms with Crippen LogP contribution < -0.4 is 20.9 Å². The van der Waals surface area contributed by atoms with E-state index in [-0.39, 0.29) is 31.3 Å². The zero-order valence-corrected chi connectivity index (χ0v) is 68.6. The highest BCUT2D eigenvalue weighted by molar-refractivity contribution is 5.96. The summed E-state index contributed by atoms with van der Waals surface area (Å²) in [5.74, 6) is 2.11. The molecule has 2 aliphatic carbocycles. The highest BCUT2D eigenvalue weighted by atomic mass is 16.6. The summed E-state index contributed by atoms with van der Waals surface area (Å²) >= 11 is 0. The number of esters is 4. The SMILES string of the molecule is C/C=C1\C(=C/C(OC)[C@@]2(C(=O)OC)C[C@H]3C[N@@](CCc4c2[nH]c2ccccc42)C[C@](O)(CC)C3)N(C)[C@H]2[C@@](O)(C(=O)OCc3ccc4[nH]c5c(c4c3)CC[N@]3C[C@@H](C[C@@](O)(CC)C3)C[C@]5(C(=O)OC)c3cc4c(cc3OC)N(C)[C@H]3[C@@](O)(C(=O)NN)[C@H](O)[C@]5(CC)C=CCN6CC[C@]43[C@@H]65)[C@H](OC(C)=O)[C@]3(CC)C=CCN4CC[C@]12[C@@H]43. The number of carbonyl (C=O) groups excluding carboxylic acids is 5. The van der Waals surface area contributed by atoms with Gasteiger partial charge in [-0.15, -0.1) is 0 Å². The predicted octanol–water partition coefficient (Wildman–Crippen LogP) is 6.14. The molecule has 10 aliphatic heterocycles. The number of aliphatic hydroxyl groups excluding tert-OH is 1. The molecule has 2 saturated carbocycles. The van der Waals surface area contributed by atoms with Gasteiger partial charge in [-0.25, -0.2) is 10.6 Å². The lowest BCUT2D eigenvalue weighted by Gasteiger charge is -2.63. The molecule has 0 radical (unpaired) electrons. The Hall–Kier alpha value is -7.99. The van der Waals surface area contributed by atoms with Gasteiger partial charge in [0.15, 0.2) is 11.7 Å². The minimum atomic E-state index is -2.62. The van der Waals surface area contributed by atoms with Gasteiger partial charge in [-0.3, -0.25) is 44.2 Å². The zero-order chi connectivity index (χ0) is 81.4. The van der Waals surface area contributed by atoms with Gasteiger partial charge < -0.3 is 73.7 Å². The first kappa shape index (κ1) is 79.5. The van der Waals surface area contributed by atoms with Crippen LogP contribution in [0.25, 0.3) is 21.8 Å². The number of likely N-dealkylation sites (N-methyl/N-ethyl adjacent to an activating group) is 2. The lowest BCUT2D eigenvalue weighted by Crippen LogP contribution is -2.82. The van der Waals surface area contributed by atoms with Crippen LogP contribution in [0.15, 0.2) is 102 Å². The minimum absolute atomic E-state index is 0.143. The molecule has 3 aromatic carbocycles. The number of allylic oxidation sites excluding steroid dienone is 2. The summed E-state index contributed by atoms with van der Waals surface area (Å²) in [6.07, 6.45) is 12.7. The monoisotopic (exact) mass is 1580 g/mol. The molecule has 12 aliphatic rings. The number of nitrogens with two attached hydrogens (primary N) is 1. The third kappa shape index (κ3) is 10.7. The van der Waals surface area contributed by atoms with Crippen LogP contribution in [0, 0.1) is 28.1 Å². The number of piperidine rings is 2. The lowest BCUT2D eigenvalue weighted by atomic mass is 9.47. The van der Waals surface area contributed by atoms with Gasteiger partial charge in [0.25, 0.3) is 5.91 Å². The van der Waals surface area contributed by atoms with E-state index >= 15 is 14.4 Å². The second kappa shape index (κ2) is 28.1. The molecular formula is C89H116N10O16. The number of aromatic amines is 2. The first-order chi connectivity index (χ1) is 55.0. The van der Waals surface area contributed by atoms with Gasteiger partial charge in [-0.05, 0) is 167 Å². The number of hydrogen-bond donors (Lipinski definition) is 9. The normalized spacial score (nSPS) is 39.1. The van der Waals surface area contributed by atoms with Crippen LogP contribution in [-0.4, -0.2) is 263 Å². The van der Waals surface area contributed by atoms with E-state index in [2.05, 4.69) is 47.1 Å². The summed E-state index contributed by atoms with van der Waals surface area (Å²) in [4.78, 5) is 98.2. The number of H-pyrrole nitrogens is 2. The minimum Gasteiger partial charge on any atom is -0.496 e. The average molecular weight is 1580 g/mol. The number of aromatic nitrogens is 2. The third-order valence-corrected chi connectivity index (χ3v) is 31.2. The van der Waals surface area contributed by atoms with Crippen molar-refractivity contribution in [2.75, 3.05) is 113 Å². The molecule has 2 spiro atoms. The number of anilines is 1. The molecule has 26 heteroatoms. The highest BCUT2D eigenvalue weighted by Gasteiger charge is 2.82. The first-order valence-corrected chi connectivity index (χ1v) is 41.8. The summed E-state index contributed by atoms with van der Waals surface area (Å²) in [5, 5.41) is 67.6. The van der Waals surface area contributed by atoms with Crippen molar-refractivity contribution >= 4 is 57.3 Å². The number of hydrogen-bond acceptors (Lipinski definition) is 23. The van der Waals surface area contributed by atoms with E-state index in [0.29, 0.717) is 180 Å². The van der Waals surface area contributed by atoms with Crippen LogP contribution in [0.1, 0.15) is 145 Å². The smallest absolute Gasteiger partial charge is 0.344 e. The van der Waals surface area contributed by atoms with Crippen molar-refractivity contribution in [3.63, 3.8) is 0 Å². The fourth-order valence-electron chi connectivity index (χ4n) is 26.9. The van der Waals surface area contributed by atoms with E-state index in [4.69, 9.17) is 34.3 Å². The molecule has 7 fully saturated rings. The number of benzene rings is 3. The molecule has 1 amide bonds. The van der Waals surface area contributed by atoms with Crippen molar-refractivity contribution in [2.45, 2.75) is 206 Å². The van der Waals surface area contributed by atoms with Crippen LogP contribution >= 0.6 is 0 Å². The Morgan fingerprint density at radius 1 is 0.661 bits per heavy atom. The topological polar surface area (TPSA) is 331 Å². The van der Waals surface area contributed by atoms with Crippen molar-refractivity contribution in [3.05, 3.63) is 142 Å². The first-order valence-electron chi connectivity index (χ1n) is 41.8. The number of likely N-dealkylation sites (tertiary alicyclic amines) is 1. The third-order valence-electron chi connectivity index (χ3n) is 31.2. The molecule has 26 nitrogen and oxygen atoms in total. The number of rotatable bonds is 16. The van der Waals surface area contributed by atoms with E-state index in [0.717, 1.165) is 33.2 Å². The maximum Gasteiger partial charge on any atom is 0.344 e. The lowest BCUT2D eigenvalue weighted by molar-refractivity contribution is -0.245. The van der Waals surface area contributed by atoms with E-state index in [1.54, 1.807) is 14.2 Å². The number of amides is 1. The van der Waals surface area contributed by atoms with Crippen molar-refractivity contribution in [3.8, 4) is 5.75 Å². The Balaban J connectivity index is 0.802. The molecule has 12 heterocycles. The van der Waals surface area contributed by atoms with Gasteiger partial charge >= 0.3 is 23.9 Å². The van der Waals surface area contributed by atoms with Gasteiger partial charge in [-0.1, -0.05) is 82.3 Å². The summed E-state index contributed by atoms with van der Waals surface area (Å²) in [5.41, 5.74) is -4.36. The summed E-state index contributed by atoms with van der Waals surface area (Å²) < 4.78 is 39.1. The number of fused-ring (bicyclic) bond motifs is 11. The number of carbonyl (C=O) groups is 5. The quantitative estimate of drug-likeness (QED) is 0.0134. The van der Waals surface area contributed by atoms with Crippen LogP contribution in [0.2, 0.25) is 0 Å². The Morgan fingerprint density at radius 3 is 1.87 bits per heavy atom. The van der Waals surface area contributed by atoms with Crippen molar-refractivity contribution in [2.24, 2.45) is 33.9 Å². The maximum absolute atomic E-state index is 16.7. The average Bonchev–Trinajstić information content (AvgIpc) is 1.46. The number of nitrogens with one attached hydrogen (secondary N) is 3. The highest BCUT2D eigenvalue weighted by Crippen LogP contribution is 2.71. The van der Waals surface area contributed by atoms with Crippen molar-refractivity contribution in [1.29, 1.82) is 0 Å². The molecular weight excluding hydrogens is 1470 g/mol. The van der Waals surface area contributed by atoms with Crippen LogP contribution in [0.5, 0.6) is 5.75 Å². The zero-order valence-electron chi connectivity index (χ0n) is 68.6. The molecule has 4 bridgehead atoms. The number of nitrogens with zero attached hydrogens (tertiary/aromatic N) is 6. The molecule has 10 N–H and O–H groups in total. The predicted molar refractivity (Wildman–Crippen MR) is 430 cm³/mol. The van der Waals surface area contributed by atoms with E-state index in [1.165, 1.54) is 21.1 Å². The molecule has 618 valence electrons. The van der Waals surface area contributed by atoms with Crippen LogP contribution in [0.3, 0.4) is 0 Å². The summed E-state index contributed by atoms with van der Waals surface area (Å²) in [6, 6.07) is 14.6. The number of para-hydroxylation sites is 1. The molecule has 115 heavy (non-hydrogen) atoms. The maximum atomic E-state index is 16.7. The number of ether oxygens (including phenoxy) is 6. The van der Waals surface area contributed by atoms with Gasteiger partial charge in [0.2, 0.25) is 5.60 Å². The number of aliphatic hydroxyl groups is 5. The molecule has 1 unspecified atom stereocenters. The molecule has 2 aromatic heterocycles. The summed E-state index contributed by atoms with van der Waals surface area (Å²) in [7, 11) is 9.62. The van der Waals surface area contributed by atoms with Gasteiger partial charge in [0.05, 0.1) is 50.7 Å². The second-order valence-electron chi connectivity index (χ2n) is 36.1. The largest absolute Gasteiger partial charge is 0.496 e. The molecule has 17 rings (SSSR count). The Bertz CT molecular complexity index is 4920. The van der Waals surface area contributed by atoms with E-state index in [9.17, 15) is 35.1 Å². The number of methoxy groups -OCH3 is 4. The molecule has 5 aromatic rings. The van der Waals surface area contributed by atoms with Crippen molar-refractivity contribution < 1.29 is 77.9 Å². The number of hydrazine groups is 1. The van der Waals surface area contributed by atoms with Crippen LogP contribution in [-0.2, 0) is 83.4 Å². The summed E-state index contributed by atoms with van der Waals surface area (Å²) in [6.45, 7) is 16.3. The van der Waals surface area contributed by atoms with E-state index in [1.807, 2.05) is 137 Å². The molecule has 21 atom stereocenters. The second-order valence-corrected chi connectivity index (χ2v) is 36.1. The van der Waals surface area contributed by atoms with Crippen molar-refractivity contribution in [1.82, 2.24) is 39.9 Å². The fourth-order valence-corrected chi connectivity index (χ4v) is 26.9. The van der Waals surface area contributed by atoms with Gasteiger partial charge in [0.1, 0.15) is 29.3 Å². The van der Waals surface area contributed by atoms with Gasteiger partial charge in [-0.2, -0.15) is 0 Å². The van der Waals surface area contributed by atoms with Crippen LogP contribution in [0.4, 0.5) is 5.69 Å². The standard InChI is InChI=1S/C89H116N10O16/c1-13-59-65(41-67(111-10)87(78(104)113-12)45-54-43-81(107,15-3)50-96(47-54)34-26-56-55-22-18-19-23-62(55)91-69(56)87)95(8)73-84(59)30-36-99-33-21-29-83(17-5,71(84)99)75(115-51(6)100)89(73,109)79(105)114-48-52-24-25-63-58(38-52)57-27-35-97-46-53(42-80(106,14-2)49-97)44-86(68(57)92-63,77(103)112-11)61-39-60-64(40-66(61)110-9)94(7)72-85(60)31-37-98-32-20-28-82(16-4,70(85)98)74(101)88(72,108)76(102)93-90/h13,18-25,28-29,38-41,53-54,67,70-75,91-92,101,106-109H,14-17,26-27,30-37,42-50,90H2,1-12H3,(H,93,102)/b59-13+,65-41+/t53-,54-,67?,70-,71-,72+,73+,74+,75+,80-,81-,82+,83+,84+,85+,86-,87-,88-,89-/m0/s1. The fraction of sp³-hybridized carbons (Fsp3) is 0.607. The molecule has 5 saturated heterocycles. The van der Waals surface area contributed by atoms with E-state index < -0.39 is 127 Å². The Labute approximate surface area is 672 Å². The van der Waals surface area contributed by atoms with Gasteiger partial charge in [0, 0.05) is 170 Å². The Morgan fingerprint density at radius 2 is 1.26 bits per heavy atom.